The van der Waals surface area contributed by atoms with E-state index < -0.39 is 25.1 Å². The molecule has 4 N–H and O–H groups in total. The molecule has 0 heterocycles. The number of anilines is 1. The standard InChI is InChI=1S/C18H20N2O6S3/c1-12(2)19-18(27)20-15-10-9-14(17(11-15)29(24,25)26)8-7-13-5-3-4-6-16(13)28(21,22)23/h3-12H,1-2H3,(H2,19,20,27)(H,21,22,23)(H,24,25,26)/b8-7+. The molecule has 0 aliphatic heterocycles. The minimum atomic E-state index is -4.58. The van der Waals surface area contributed by atoms with Gasteiger partial charge in [-0.05, 0) is 55.4 Å². The maximum absolute atomic E-state index is 11.8. The van der Waals surface area contributed by atoms with Crippen molar-refractivity contribution in [1.82, 2.24) is 5.32 Å². The summed E-state index contributed by atoms with van der Waals surface area (Å²) in [6, 6.07) is 9.92. The van der Waals surface area contributed by atoms with Crippen LogP contribution in [-0.2, 0) is 20.2 Å². The average molecular weight is 457 g/mol. The topological polar surface area (TPSA) is 133 Å². The number of hydrogen-bond acceptors (Lipinski definition) is 5. The van der Waals surface area contributed by atoms with E-state index in [-0.39, 0.29) is 27.2 Å². The highest BCUT2D eigenvalue weighted by Crippen LogP contribution is 2.24. The van der Waals surface area contributed by atoms with E-state index in [4.69, 9.17) is 12.2 Å². The highest BCUT2D eigenvalue weighted by molar-refractivity contribution is 7.86. The molecule has 0 saturated carbocycles. The maximum Gasteiger partial charge on any atom is 0.295 e. The Morgan fingerprint density at radius 1 is 0.931 bits per heavy atom. The summed E-state index contributed by atoms with van der Waals surface area (Å²) in [4.78, 5) is -0.719. The smallest absolute Gasteiger partial charge is 0.295 e. The second kappa shape index (κ2) is 9.01. The van der Waals surface area contributed by atoms with Crippen LogP contribution >= 0.6 is 12.2 Å². The minimum Gasteiger partial charge on any atom is -0.360 e. The lowest BCUT2D eigenvalue weighted by molar-refractivity contribution is 0.480. The van der Waals surface area contributed by atoms with Crippen molar-refractivity contribution < 1.29 is 25.9 Å². The van der Waals surface area contributed by atoms with Gasteiger partial charge in [0.15, 0.2) is 5.11 Å². The molecule has 11 heteroatoms. The molecular weight excluding hydrogens is 436 g/mol. The van der Waals surface area contributed by atoms with Crippen molar-refractivity contribution in [3.8, 4) is 0 Å². The van der Waals surface area contributed by atoms with E-state index in [1.807, 2.05) is 13.8 Å². The molecule has 8 nitrogen and oxygen atoms in total. The van der Waals surface area contributed by atoms with Crippen molar-refractivity contribution in [3.63, 3.8) is 0 Å². The second-order valence-corrected chi connectivity index (χ2v) is 9.52. The Labute approximate surface area is 175 Å². The maximum atomic E-state index is 11.8. The number of rotatable bonds is 6. The minimum absolute atomic E-state index is 0.0705. The largest absolute Gasteiger partial charge is 0.360 e. The number of hydrogen-bond donors (Lipinski definition) is 4. The van der Waals surface area contributed by atoms with Crippen molar-refractivity contribution in [3.05, 3.63) is 53.6 Å². The summed E-state index contributed by atoms with van der Waals surface area (Å²) < 4.78 is 65.5. The Morgan fingerprint density at radius 3 is 2.03 bits per heavy atom. The quantitative estimate of drug-likeness (QED) is 0.294. The molecule has 0 bridgehead atoms. The molecule has 0 radical (unpaired) electrons. The third kappa shape index (κ3) is 6.61. The van der Waals surface area contributed by atoms with E-state index >= 15 is 0 Å². The number of benzene rings is 2. The summed E-state index contributed by atoms with van der Waals surface area (Å²) in [7, 11) is -9.04. The van der Waals surface area contributed by atoms with Gasteiger partial charge < -0.3 is 10.6 Å². The van der Waals surface area contributed by atoms with Crippen molar-refractivity contribution >= 4 is 55.4 Å². The van der Waals surface area contributed by atoms with Crippen LogP contribution in [0, 0.1) is 0 Å². The van der Waals surface area contributed by atoms with Crippen LogP contribution in [0.5, 0.6) is 0 Å². The molecule has 0 spiro atoms. The highest BCUT2D eigenvalue weighted by Gasteiger charge is 2.17. The molecule has 0 fully saturated rings. The van der Waals surface area contributed by atoms with Crippen LogP contribution < -0.4 is 10.6 Å². The molecule has 2 aromatic rings. The van der Waals surface area contributed by atoms with Gasteiger partial charge in [0.25, 0.3) is 20.2 Å². The summed E-state index contributed by atoms with van der Waals surface area (Å²) in [5.41, 5.74) is 0.609. The van der Waals surface area contributed by atoms with E-state index in [1.54, 1.807) is 12.1 Å². The molecule has 0 aromatic heterocycles. The van der Waals surface area contributed by atoms with E-state index in [1.165, 1.54) is 42.5 Å². The van der Waals surface area contributed by atoms with Gasteiger partial charge in [0, 0.05) is 11.7 Å². The lowest BCUT2D eigenvalue weighted by Crippen LogP contribution is -2.33. The molecule has 0 saturated heterocycles. The Hall–Kier alpha value is -2.31. The number of nitrogens with one attached hydrogen (secondary N) is 2. The van der Waals surface area contributed by atoms with Crippen molar-refractivity contribution in [2.24, 2.45) is 0 Å². The van der Waals surface area contributed by atoms with Gasteiger partial charge in [-0.1, -0.05) is 36.4 Å². The van der Waals surface area contributed by atoms with Gasteiger partial charge in [-0.3, -0.25) is 9.11 Å². The fourth-order valence-corrected chi connectivity index (χ4v) is 4.18. The zero-order chi connectivity index (χ0) is 21.8. The molecule has 156 valence electrons. The molecular formula is C18H20N2O6S3. The zero-order valence-corrected chi connectivity index (χ0v) is 18.0. The Morgan fingerprint density at radius 2 is 1.48 bits per heavy atom. The first kappa shape index (κ1) is 23.0. The lowest BCUT2D eigenvalue weighted by Gasteiger charge is -2.14. The highest BCUT2D eigenvalue weighted by atomic mass is 32.2. The molecule has 0 unspecified atom stereocenters. The Balaban J connectivity index is 2.44. The van der Waals surface area contributed by atoms with Crippen LogP contribution in [0.25, 0.3) is 12.2 Å². The molecule has 0 atom stereocenters. The zero-order valence-electron chi connectivity index (χ0n) is 15.5. The SMILES string of the molecule is CC(C)NC(=S)Nc1ccc(/C=C/c2ccccc2S(=O)(=O)O)c(S(=O)(=O)O)c1. The first-order valence-electron chi connectivity index (χ1n) is 8.31. The molecule has 0 amide bonds. The van der Waals surface area contributed by atoms with Gasteiger partial charge in [-0.15, -0.1) is 0 Å². The third-order valence-electron chi connectivity index (χ3n) is 3.61. The van der Waals surface area contributed by atoms with Crippen molar-refractivity contribution in [1.29, 1.82) is 0 Å². The van der Waals surface area contributed by atoms with E-state index in [9.17, 15) is 25.9 Å². The monoisotopic (exact) mass is 456 g/mol. The van der Waals surface area contributed by atoms with E-state index in [0.29, 0.717) is 5.69 Å². The second-order valence-electron chi connectivity index (χ2n) is 6.33. The summed E-state index contributed by atoms with van der Waals surface area (Å²) in [6.07, 6.45) is 2.65. The lowest BCUT2D eigenvalue weighted by atomic mass is 10.1. The van der Waals surface area contributed by atoms with Gasteiger partial charge in [0.2, 0.25) is 0 Å². The molecule has 29 heavy (non-hydrogen) atoms. The van der Waals surface area contributed by atoms with Crippen molar-refractivity contribution in [2.75, 3.05) is 5.32 Å². The van der Waals surface area contributed by atoms with E-state index in [2.05, 4.69) is 10.6 Å². The van der Waals surface area contributed by atoms with Gasteiger partial charge in [-0.2, -0.15) is 16.8 Å². The van der Waals surface area contributed by atoms with Crippen LogP contribution in [0.1, 0.15) is 25.0 Å². The fourth-order valence-electron chi connectivity index (χ4n) is 2.44. The predicted molar refractivity (Wildman–Crippen MR) is 116 cm³/mol. The molecule has 2 aromatic carbocycles. The first-order chi connectivity index (χ1) is 13.4. The van der Waals surface area contributed by atoms with Crippen LogP contribution in [0.15, 0.2) is 52.3 Å². The van der Waals surface area contributed by atoms with Gasteiger partial charge in [0.1, 0.15) is 9.79 Å². The molecule has 0 aliphatic rings. The van der Waals surface area contributed by atoms with Crippen LogP contribution in [0.2, 0.25) is 0 Å². The molecule has 0 aliphatic carbocycles. The van der Waals surface area contributed by atoms with Gasteiger partial charge >= 0.3 is 0 Å². The Bertz CT molecular complexity index is 1160. The van der Waals surface area contributed by atoms with Gasteiger partial charge in [0.05, 0.1) is 0 Å². The van der Waals surface area contributed by atoms with E-state index in [0.717, 1.165) is 0 Å². The van der Waals surface area contributed by atoms with Gasteiger partial charge in [-0.25, -0.2) is 0 Å². The average Bonchev–Trinajstić information content (AvgIpc) is 2.58. The first-order valence-corrected chi connectivity index (χ1v) is 11.6. The third-order valence-corrected chi connectivity index (χ3v) is 5.67. The molecule has 2 rings (SSSR count). The van der Waals surface area contributed by atoms with Crippen LogP contribution in [0.4, 0.5) is 5.69 Å². The number of thiocarbonyl (C=S) groups is 1. The predicted octanol–water partition coefficient (Wildman–Crippen LogP) is 3.05. The normalized spacial score (nSPS) is 12.3. The summed E-state index contributed by atoms with van der Waals surface area (Å²) >= 11 is 5.12. The summed E-state index contributed by atoms with van der Waals surface area (Å²) in [5, 5.41) is 6.05. The van der Waals surface area contributed by atoms with Crippen LogP contribution in [0.3, 0.4) is 0 Å². The summed E-state index contributed by atoms with van der Waals surface area (Å²) in [5.74, 6) is 0. The summed E-state index contributed by atoms with van der Waals surface area (Å²) in [6.45, 7) is 3.77. The fraction of sp³-hybridized carbons (Fsp3) is 0.167. The van der Waals surface area contributed by atoms with Crippen LogP contribution in [-0.4, -0.2) is 37.1 Å². The van der Waals surface area contributed by atoms with Crippen molar-refractivity contribution in [2.45, 2.75) is 29.7 Å². The Kier molecular flexibility index (Phi) is 7.14.